The first-order valence-corrected chi connectivity index (χ1v) is 4.84. The Morgan fingerprint density at radius 3 is 2.79 bits per heavy atom. The summed E-state index contributed by atoms with van der Waals surface area (Å²) in [5.41, 5.74) is 0.588. The minimum atomic E-state index is -0.320. The second-order valence-electron chi connectivity index (χ2n) is 2.96. The molecule has 1 atom stereocenters. The molecule has 0 aromatic carbocycles. The lowest BCUT2D eigenvalue weighted by atomic mass is 10.2. The van der Waals surface area contributed by atoms with Crippen molar-refractivity contribution in [3.63, 3.8) is 0 Å². The van der Waals surface area contributed by atoms with Gasteiger partial charge in [-0.25, -0.2) is 4.79 Å². The smallest absolute Gasteiger partial charge is 0.337 e. The highest BCUT2D eigenvalue weighted by Crippen LogP contribution is 2.26. The zero-order valence-electron chi connectivity index (χ0n) is 8.83. The summed E-state index contributed by atoms with van der Waals surface area (Å²) in [5.74, 6) is 0.314. The molecular weight excluding hydrogens is 184 g/mol. The van der Waals surface area contributed by atoms with Crippen LogP contribution in [0.5, 0.6) is 0 Å². The first-order valence-electron chi connectivity index (χ1n) is 4.84. The van der Waals surface area contributed by atoms with Crippen molar-refractivity contribution >= 4 is 5.97 Å². The van der Waals surface area contributed by atoms with E-state index in [4.69, 9.17) is 14.2 Å². The Kier molecular flexibility index (Phi) is 3.95. The minimum absolute atomic E-state index is 0.299. The molecule has 0 aromatic rings. The number of rotatable bonds is 4. The second kappa shape index (κ2) is 5.00. The molecule has 0 saturated carbocycles. The normalized spacial score (nSPS) is 20.9. The van der Waals surface area contributed by atoms with Crippen LogP contribution in [0.15, 0.2) is 11.3 Å². The standard InChI is InChI=1S/C10H16O4/c1-4-12-9-6-8(7(3)14-9)10(11)13-5-2/h9H,4-6H2,1-3H3/t9-/m1/s1. The first kappa shape index (κ1) is 11.0. The quantitative estimate of drug-likeness (QED) is 0.647. The van der Waals surface area contributed by atoms with Crippen molar-refractivity contribution in [1.29, 1.82) is 0 Å². The van der Waals surface area contributed by atoms with E-state index < -0.39 is 0 Å². The summed E-state index contributed by atoms with van der Waals surface area (Å²) < 4.78 is 15.5. The van der Waals surface area contributed by atoms with Crippen molar-refractivity contribution in [3.05, 3.63) is 11.3 Å². The Bertz CT molecular complexity index is 245. The van der Waals surface area contributed by atoms with Gasteiger partial charge in [0.1, 0.15) is 5.76 Å². The van der Waals surface area contributed by atoms with Gasteiger partial charge in [-0.2, -0.15) is 0 Å². The maximum atomic E-state index is 11.4. The van der Waals surface area contributed by atoms with E-state index in [1.54, 1.807) is 13.8 Å². The minimum Gasteiger partial charge on any atom is -0.469 e. The highest BCUT2D eigenvalue weighted by Gasteiger charge is 2.28. The average molecular weight is 200 g/mol. The Labute approximate surface area is 83.8 Å². The van der Waals surface area contributed by atoms with E-state index in [0.29, 0.717) is 31.0 Å². The summed E-state index contributed by atoms with van der Waals surface area (Å²) in [4.78, 5) is 11.4. The molecule has 1 aliphatic heterocycles. The predicted octanol–water partition coefficient (Wildman–Crippen LogP) is 1.61. The molecule has 0 aliphatic carbocycles. The molecule has 0 spiro atoms. The van der Waals surface area contributed by atoms with Crippen molar-refractivity contribution in [2.45, 2.75) is 33.5 Å². The van der Waals surface area contributed by atoms with Gasteiger partial charge < -0.3 is 14.2 Å². The van der Waals surface area contributed by atoms with Gasteiger partial charge in [-0.1, -0.05) is 0 Å². The van der Waals surface area contributed by atoms with Crippen LogP contribution in [0, 0.1) is 0 Å². The largest absolute Gasteiger partial charge is 0.469 e. The molecule has 4 heteroatoms. The summed E-state index contributed by atoms with van der Waals surface area (Å²) in [6.45, 7) is 6.39. The summed E-state index contributed by atoms with van der Waals surface area (Å²) in [7, 11) is 0. The molecule has 0 N–H and O–H groups in total. The van der Waals surface area contributed by atoms with Crippen LogP contribution in [0.4, 0.5) is 0 Å². The van der Waals surface area contributed by atoms with Gasteiger partial charge in [0.05, 0.1) is 12.2 Å². The lowest BCUT2D eigenvalue weighted by molar-refractivity contribution is -0.139. The Balaban J connectivity index is 2.53. The topological polar surface area (TPSA) is 44.8 Å². The van der Waals surface area contributed by atoms with Gasteiger partial charge in [-0.05, 0) is 20.8 Å². The molecule has 1 rings (SSSR count). The van der Waals surface area contributed by atoms with E-state index in [1.165, 1.54) is 0 Å². The van der Waals surface area contributed by atoms with Gasteiger partial charge in [0.25, 0.3) is 0 Å². The molecule has 1 heterocycles. The summed E-state index contributed by atoms with van der Waals surface area (Å²) in [6.07, 6.45) is 0.165. The van der Waals surface area contributed by atoms with E-state index >= 15 is 0 Å². The van der Waals surface area contributed by atoms with Gasteiger partial charge in [0.2, 0.25) is 6.29 Å². The van der Waals surface area contributed by atoms with Crippen LogP contribution < -0.4 is 0 Å². The first-order chi connectivity index (χ1) is 6.69. The fourth-order valence-corrected chi connectivity index (χ4v) is 1.34. The molecular formula is C10H16O4. The Morgan fingerprint density at radius 2 is 2.21 bits per heavy atom. The lowest BCUT2D eigenvalue weighted by Gasteiger charge is -2.10. The number of hydrogen-bond donors (Lipinski definition) is 0. The molecule has 0 bridgehead atoms. The fourth-order valence-electron chi connectivity index (χ4n) is 1.34. The van der Waals surface area contributed by atoms with Gasteiger partial charge in [0.15, 0.2) is 0 Å². The summed E-state index contributed by atoms with van der Waals surface area (Å²) in [5, 5.41) is 0. The van der Waals surface area contributed by atoms with Crippen LogP contribution in [-0.4, -0.2) is 25.5 Å². The Hall–Kier alpha value is -1.03. The molecule has 0 aromatic heterocycles. The van der Waals surface area contributed by atoms with Crippen LogP contribution in [0.25, 0.3) is 0 Å². The third-order valence-corrected chi connectivity index (χ3v) is 1.98. The molecule has 0 amide bonds. The maximum absolute atomic E-state index is 11.4. The summed E-state index contributed by atoms with van der Waals surface area (Å²) >= 11 is 0. The van der Waals surface area contributed by atoms with E-state index in [0.717, 1.165) is 0 Å². The molecule has 0 unspecified atom stereocenters. The molecule has 0 saturated heterocycles. The van der Waals surface area contributed by atoms with Gasteiger partial charge in [-0.15, -0.1) is 0 Å². The van der Waals surface area contributed by atoms with Crippen LogP contribution in [-0.2, 0) is 19.0 Å². The zero-order chi connectivity index (χ0) is 10.6. The average Bonchev–Trinajstić information content (AvgIpc) is 2.48. The van der Waals surface area contributed by atoms with Crippen molar-refractivity contribution in [3.8, 4) is 0 Å². The van der Waals surface area contributed by atoms with Crippen LogP contribution >= 0.6 is 0 Å². The molecule has 0 fully saturated rings. The lowest BCUT2D eigenvalue weighted by Crippen LogP contribution is -2.13. The number of ether oxygens (including phenoxy) is 3. The SMILES string of the molecule is CCOC(=O)C1=C(C)O[C@@H](OCC)C1. The van der Waals surface area contributed by atoms with Gasteiger partial charge >= 0.3 is 5.97 Å². The van der Waals surface area contributed by atoms with E-state index in [2.05, 4.69) is 0 Å². The number of esters is 1. The monoisotopic (exact) mass is 200 g/mol. The van der Waals surface area contributed by atoms with Crippen LogP contribution in [0.2, 0.25) is 0 Å². The molecule has 80 valence electrons. The number of allylic oxidation sites excluding steroid dienone is 1. The van der Waals surface area contributed by atoms with E-state index in [1.807, 2.05) is 6.92 Å². The third kappa shape index (κ3) is 2.48. The van der Waals surface area contributed by atoms with Crippen molar-refractivity contribution < 1.29 is 19.0 Å². The third-order valence-electron chi connectivity index (χ3n) is 1.98. The maximum Gasteiger partial charge on any atom is 0.337 e. The van der Waals surface area contributed by atoms with E-state index in [9.17, 15) is 4.79 Å². The number of carbonyl (C=O) groups is 1. The second-order valence-corrected chi connectivity index (χ2v) is 2.96. The number of carbonyl (C=O) groups excluding carboxylic acids is 1. The van der Waals surface area contributed by atoms with Crippen molar-refractivity contribution in [2.75, 3.05) is 13.2 Å². The molecule has 1 aliphatic rings. The van der Waals surface area contributed by atoms with Crippen molar-refractivity contribution in [2.24, 2.45) is 0 Å². The molecule has 0 radical (unpaired) electrons. The Morgan fingerprint density at radius 1 is 1.50 bits per heavy atom. The highest BCUT2D eigenvalue weighted by molar-refractivity contribution is 5.89. The van der Waals surface area contributed by atoms with E-state index in [-0.39, 0.29) is 12.3 Å². The molecule has 4 nitrogen and oxygen atoms in total. The predicted molar refractivity (Wildman–Crippen MR) is 50.4 cm³/mol. The van der Waals surface area contributed by atoms with Crippen LogP contribution in [0.1, 0.15) is 27.2 Å². The van der Waals surface area contributed by atoms with Gasteiger partial charge in [-0.3, -0.25) is 0 Å². The van der Waals surface area contributed by atoms with Gasteiger partial charge in [0, 0.05) is 13.0 Å². The van der Waals surface area contributed by atoms with Crippen LogP contribution in [0.3, 0.4) is 0 Å². The van der Waals surface area contributed by atoms with Crippen molar-refractivity contribution in [1.82, 2.24) is 0 Å². The summed E-state index contributed by atoms with van der Waals surface area (Å²) in [6, 6.07) is 0. The number of hydrogen-bond acceptors (Lipinski definition) is 4. The molecule has 14 heavy (non-hydrogen) atoms. The zero-order valence-corrected chi connectivity index (χ0v) is 8.83. The highest BCUT2D eigenvalue weighted by atomic mass is 16.7. The fraction of sp³-hybridized carbons (Fsp3) is 0.700.